The van der Waals surface area contributed by atoms with Crippen LogP contribution >= 0.6 is 11.3 Å². The molecule has 0 unspecified atom stereocenters. The summed E-state index contributed by atoms with van der Waals surface area (Å²) in [5.74, 6) is -0.760. The fourth-order valence-electron chi connectivity index (χ4n) is 2.59. The van der Waals surface area contributed by atoms with Gasteiger partial charge in [-0.05, 0) is 36.2 Å². The van der Waals surface area contributed by atoms with E-state index in [0.29, 0.717) is 15.4 Å². The predicted octanol–water partition coefficient (Wildman–Crippen LogP) is 4.42. The van der Waals surface area contributed by atoms with Gasteiger partial charge in [-0.2, -0.15) is 0 Å². The third kappa shape index (κ3) is 3.43. The number of thiophene rings is 1. The van der Waals surface area contributed by atoms with Gasteiger partial charge in [0, 0.05) is 25.2 Å². The van der Waals surface area contributed by atoms with E-state index in [9.17, 15) is 9.18 Å². The molecule has 2 aromatic heterocycles. The summed E-state index contributed by atoms with van der Waals surface area (Å²) in [5, 5.41) is 0.755. The molecule has 0 fully saturated rings. The molecule has 0 amide bonds. The van der Waals surface area contributed by atoms with E-state index in [4.69, 9.17) is 4.74 Å². The number of nitrogens with zero attached hydrogens (tertiary/aromatic N) is 3. The Kier molecular flexibility index (Phi) is 4.99. The highest BCUT2D eigenvalue weighted by Crippen LogP contribution is 2.43. The number of rotatable bonds is 4. The van der Waals surface area contributed by atoms with E-state index in [2.05, 4.69) is 9.98 Å². The molecule has 0 aliphatic rings. The third-order valence-corrected chi connectivity index (χ3v) is 4.76. The quantitative estimate of drug-likeness (QED) is 0.387. The van der Waals surface area contributed by atoms with E-state index in [0.717, 1.165) is 22.2 Å². The van der Waals surface area contributed by atoms with Crippen molar-refractivity contribution in [2.75, 3.05) is 21.2 Å². The lowest BCUT2D eigenvalue weighted by atomic mass is 10.0. The minimum Gasteiger partial charge on any atom is -0.465 e. The van der Waals surface area contributed by atoms with E-state index in [1.807, 2.05) is 27.1 Å². The summed E-state index contributed by atoms with van der Waals surface area (Å²) in [5.41, 5.74) is 3.00. The van der Waals surface area contributed by atoms with Crippen LogP contribution in [0.4, 0.5) is 10.1 Å². The maximum Gasteiger partial charge on any atom is 0.350 e. The molecule has 134 valence electrons. The van der Waals surface area contributed by atoms with Crippen molar-refractivity contribution in [2.24, 2.45) is 4.99 Å². The second-order valence-electron chi connectivity index (χ2n) is 5.98. The van der Waals surface area contributed by atoms with Gasteiger partial charge < -0.3 is 9.64 Å². The van der Waals surface area contributed by atoms with Gasteiger partial charge in [0.2, 0.25) is 0 Å². The molecule has 26 heavy (non-hydrogen) atoms. The molecule has 0 atom stereocenters. The van der Waals surface area contributed by atoms with E-state index in [1.165, 1.54) is 30.6 Å². The topological polar surface area (TPSA) is 54.8 Å². The fraction of sp³-hybridized carbons (Fsp3) is 0.211. The van der Waals surface area contributed by atoms with Crippen molar-refractivity contribution in [3.63, 3.8) is 0 Å². The van der Waals surface area contributed by atoms with Crippen LogP contribution in [-0.4, -0.2) is 43.4 Å². The zero-order valence-corrected chi connectivity index (χ0v) is 15.7. The Balaban J connectivity index is 2.35. The Bertz CT molecular complexity index is 994. The van der Waals surface area contributed by atoms with E-state index in [1.54, 1.807) is 23.4 Å². The van der Waals surface area contributed by atoms with Crippen LogP contribution in [0.2, 0.25) is 0 Å². The zero-order valence-electron chi connectivity index (χ0n) is 14.9. The Labute approximate surface area is 154 Å². The van der Waals surface area contributed by atoms with Crippen molar-refractivity contribution in [3.8, 4) is 11.1 Å². The molecule has 0 saturated heterocycles. The Hall–Kier alpha value is -2.80. The van der Waals surface area contributed by atoms with Crippen molar-refractivity contribution >= 4 is 39.5 Å². The number of esters is 1. The van der Waals surface area contributed by atoms with Crippen molar-refractivity contribution in [1.82, 2.24) is 9.88 Å². The normalized spacial score (nSPS) is 11.3. The van der Waals surface area contributed by atoms with Gasteiger partial charge in [-0.3, -0.25) is 0 Å². The molecule has 0 N–H and O–H groups in total. The smallest absolute Gasteiger partial charge is 0.350 e. The third-order valence-electron chi connectivity index (χ3n) is 3.71. The lowest BCUT2D eigenvalue weighted by Crippen LogP contribution is -2.07. The molecule has 0 radical (unpaired) electrons. The van der Waals surface area contributed by atoms with Crippen LogP contribution in [0.25, 0.3) is 21.3 Å². The lowest BCUT2D eigenvalue weighted by Gasteiger charge is -2.08. The molecule has 0 spiro atoms. The number of hydrogen-bond donors (Lipinski definition) is 0. The number of carbonyl (C=O) groups is 1. The van der Waals surface area contributed by atoms with Crippen LogP contribution in [0, 0.1) is 12.7 Å². The molecule has 1 aromatic carbocycles. The van der Waals surface area contributed by atoms with Gasteiger partial charge in [0.25, 0.3) is 0 Å². The van der Waals surface area contributed by atoms with Crippen LogP contribution < -0.4 is 0 Å². The Morgan fingerprint density at radius 3 is 2.62 bits per heavy atom. The number of methoxy groups -OCH3 is 1. The second kappa shape index (κ2) is 7.21. The number of aromatic nitrogens is 1. The average Bonchev–Trinajstić information content (AvgIpc) is 2.97. The molecular formula is C19H18FN3O2S. The van der Waals surface area contributed by atoms with E-state index >= 15 is 0 Å². The molecule has 0 aliphatic carbocycles. The van der Waals surface area contributed by atoms with Crippen molar-refractivity contribution in [1.29, 1.82) is 0 Å². The van der Waals surface area contributed by atoms with Crippen molar-refractivity contribution in [3.05, 3.63) is 46.7 Å². The Morgan fingerprint density at radius 2 is 2.00 bits per heavy atom. The van der Waals surface area contributed by atoms with Gasteiger partial charge >= 0.3 is 5.97 Å². The summed E-state index contributed by atoms with van der Waals surface area (Å²) < 4.78 is 18.3. The van der Waals surface area contributed by atoms with Crippen LogP contribution in [0.3, 0.4) is 0 Å². The molecule has 5 nitrogen and oxygen atoms in total. The fourth-order valence-corrected chi connectivity index (χ4v) is 3.70. The number of aryl methyl sites for hydroxylation is 1. The number of carbonyl (C=O) groups excluding carboxylic acids is 1. The predicted molar refractivity (Wildman–Crippen MR) is 103 cm³/mol. The molecule has 0 aliphatic heterocycles. The van der Waals surface area contributed by atoms with Crippen LogP contribution in [-0.2, 0) is 4.74 Å². The summed E-state index contributed by atoms with van der Waals surface area (Å²) >= 11 is 1.24. The number of hydrogen-bond acceptors (Lipinski definition) is 5. The van der Waals surface area contributed by atoms with E-state index in [-0.39, 0.29) is 5.82 Å². The highest BCUT2D eigenvalue weighted by atomic mass is 32.1. The van der Waals surface area contributed by atoms with Gasteiger partial charge in [0.05, 0.1) is 13.4 Å². The van der Waals surface area contributed by atoms with Crippen molar-refractivity contribution < 1.29 is 13.9 Å². The molecule has 3 aromatic rings. The number of ether oxygens (including phenoxy) is 1. The monoisotopic (exact) mass is 371 g/mol. The summed E-state index contributed by atoms with van der Waals surface area (Å²) in [7, 11) is 5.03. The SMILES string of the molecule is COC(=O)c1sc2nc(C)cc(-c3ccc(F)cc3)c2c1N=CN(C)C. The highest BCUT2D eigenvalue weighted by Gasteiger charge is 2.23. The minimum atomic E-state index is -0.457. The molecular weight excluding hydrogens is 353 g/mol. The van der Waals surface area contributed by atoms with Crippen LogP contribution in [0.1, 0.15) is 15.4 Å². The first-order valence-electron chi connectivity index (χ1n) is 7.89. The summed E-state index contributed by atoms with van der Waals surface area (Å²) in [6.07, 6.45) is 1.63. The van der Waals surface area contributed by atoms with E-state index < -0.39 is 5.97 Å². The summed E-state index contributed by atoms with van der Waals surface area (Å²) in [4.78, 5) is 24.2. The number of fused-ring (bicyclic) bond motifs is 1. The van der Waals surface area contributed by atoms with Crippen LogP contribution in [0.15, 0.2) is 35.3 Å². The molecule has 0 bridgehead atoms. The molecule has 0 saturated carbocycles. The van der Waals surface area contributed by atoms with Crippen molar-refractivity contribution in [2.45, 2.75) is 6.92 Å². The average molecular weight is 371 g/mol. The number of benzene rings is 1. The molecule has 2 heterocycles. The number of halogens is 1. The molecule has 3 rings (SSSR count). The highest BCUT2D eigenvalue weighted by molar-refractivity contribution is 7.21. The van der Waals surface area contributed by atoms with Gasteiger partial charge in [-0.15, -0.1) is 11.3 Å². The maximum absolute atomic E-state index is 13.3. The molecule has 7 heteroatoms. The summed E-state index contributed by atoms with van der Waals surface area (Å²) in [6.45, 7) is 1.88. The first-order valence-corrected chi connectivity index (χ1v) is 8.71. The first-order chi connectivity index (χ1) is 12.4. The zero-order chi connectivity index (χ0) is 18.8. The van der Waals surface area contributed by atoms with Crippen LogP contribution in [0.5, 0.6) is 0 Å². The lowest BCUT2D eigenvalue weighted by molar-refractivity contribution is 0.0607. The first kappa shape index (κ1) is 18.0. The van der Waals surface area contributed by atoms with Gasteiger partial charge in [-0.1, -0.05) is 12.1 Å². The Morgan fingerprint density at radius 1 is 1.31 bits per heavy atom. The standard InChI is InChI=1S/C19H18FN3O2S/c1-11-9-14(12-5-7-13(20)8-6-12)15-16(21-10-23(2)3)17(19(24)25-4)26-18(15)22-11/h5-10H,1-4H3. The number of aliphatic imine (C=N–C) groups is 1. The minimum absolute atomic E-state index is 0.304. The maximum atomic E-state index is 13.3. The largest absolute Gasteiger partial charge is 0.465 e. The second-order valence-corrected chi connectivity index (χ2v) is 6.98. The van der Waals surface area contributed by atoms with Gasteiger partial charge in [0.1, 0.15) is 21.2 Å². The summed E-state index contributed by atoms with van der Waals surface area (Å²) in [6, 6.07) is 8.15. The van der Waals surface area contributed by atoms with Gasteiger partial charge in [-0.25, -0.2) is 19.2 Å². The van der Waals surface area contributed by atoms with Gasteiger partial charge in [0.15, 0.2) is 0 Å². The number of pyridine rings is 1.